The van der Waals surface area contributed by atoms with Gasteiger partial charge < -0.3 is 9.13 Å². The van der Waals surface area contributed by atoms with Gasteiger partial charge in [-0.1, -0.05) is 151 Å². The van der Waals surface area contributed by atoms with Crippen LogP contribution in [-0.4, -0.2) is 24.1 Å². The Kier molecular flexibility index (Phi) is 11.6. The van der Waals surface area contributed by atoms with Crippen LogP contribution in [0, 0.1) is 41.5 Å². The van der Waals surface area contributed by atoms with E-state index in [2.05, 4.69) is 137 Å². The molecule has 0 aliphatic rings. The molecular formula is C70H52F3N5. The van der Waals surface area contributed by atoms with E-state index in [1.807, 2.05) is 102 Å². The van der Waals surface area contributed by atoms with Gasteiger partial charge in [0.1, 0.15) is 0 Å². The predicted octanol–water partition coefficient (Wildman–Crippen LogP) is 18.9. The highest BCUT2D eigenvalue weighted by Gasteiger charge is 2.33. The van der Waals surface area contributed by atoms with Crippen molar-refractivity contribution in [2.45, 2.75) is 47.7 Å². The summed E-state index contributed by atoms with van der Waals surface area (Å²) in [7, 11) is 0. The highest BCUT2D eigenvalue weighted by atomic mass is 19.4. The number of rotatable bonds is 8. The predicted molar refractivity (Wildman–Crippen MR) is 315 cm³/mol. The third-order valence-electron chi connectivity index (χ3n) is 15.3. The van der Waals surface area contributed by atoms with Crippen molar-refractivity contribution in [1.29, 1.82) is 0 Å². The summed E-state index contributed by atoms with van der Waals surface area (Å²) in [6.07, 6.45) is -4.64. The third kappa shape index (κ3) is 8.23. The molecule has 378 valence electrons. The van der Waals surface area contributed by atoms with Crippen LogP contribution in [0.2, 0.25) is 0 Å². The maximum Gasteiger partial charge on any atom is 0.416 e. The first-order valence-electron chi connectivity index (χ1n) is 26.2. The molecule has 10 aromatic carbocycles. The zero-order valence-corrected chi connectivity index (χ0v) is 44.0. The number of fused-ring (bicyclic) bond motifs is 6. The highest BCUT2D eigenvalue weighted by molar-refractivity contribution is 6.13. The van der Waals surface area contributed by atoms with Crippen molar-refractivity contribution in [2.24, 2.45) is 0 Å². The minimum absolute atomic E-state index is 0.379. The molecule has 8 heteroatoms. The Morgan fingerprint density at radius 1 is 0.321 bits per heavy atom. The fourth-order valence-electron chi connectivity index (χ4n) is 12.2. The SMILES string of the molecule is Cc1cc(C)c(-c2ccc3c(c2)c2ccccc2n3-c2ccc(-c3nc(-c4ccccc4)nc(-c4ccccc4)n3)cc2-c2ccc(C(F)(F)F)cc2-n2c3ccccc3c3cc(-c4c(C)cc(C)cc4C)ccc32)c(C)c1. The first-order valence-corrected chi connectivity index (χ1v) is 26.2. The summed E-state index contributed by atoms with van der Waals surface area (Å²) in [4.78, 5) is 15.3. The highest BCUT2D eigenvalue weighted by Crippen LogP contribution is 2.46. The Morgan fingerprint density at radius 3 is 1.21 bits per heavy atom. The number of hydrogen-bond donors (Lipinski definition) is 0. The van der Waals surface area contributed by atoms with Crippen molar-refractivity contribution in [2.75, 3.05) is 0 Å². The molecule has 0 atom stereocenters. The molecule has 0 saturated carbocycles. The van der Waals surface area contributed by atoms with E-state index in [9.17, 15) is 0 Å². The van der Waals surface area contributed by atoms with Crippen LogP contribution < -0.4 is 0 Å². The Labute approximate surface area is 450 Å². The molecule has 3 heterocycles. The average molecular weight is 1020 g/mol. The van der Waals surface area contributed by atoms with Gasteiger partial charge in [0.15, 0.2) is 17.5 Å². The lowest BCUT2D eigenvalue weighted by molar-refractivity contribution is -0.137. The summed E-state index contributed by atoms with van der Waals surface area (Å²) in [6.45, 7) is 12.8. The largest absolute Gasteiger partial charge is 0.416 e. The summed E-state index contributed by atoms with van der Waals surface area (Å²) in [5, 5.41) is 3.97. The molecule has 0 aliphatic carbocycles. The molecule has 0 N–H and O–H groups in total. The van der Waals surface area contributed by atoms with Crippen LogP contribution in [0.1, 0.15) is 38.9 Å². The zero-order valence-electron chi connectivity index (χ0n) is 44.0. The molecule has 0 saturated heterocycles. The second-order valence-corrected chi connectivity index (χ2v) is 20.7. The smallest absolute Gasteiger partial charge is 0.309 e. The van der Waals surface area contributed by atoms with Gasteiger partial charge in [-0.3, -0.25) is 0 Å². The maximum atomic E-state index is 15.4. The summed E-state index contributed by atoms with van der Waals surface area (Å²) in [5.41, 5.74) is 19.1. The van der Waals surface area contributed by atoms with Crippen LogP contribution in [0.4, 0.5) is 13.2 Å². The van der Waals surface area contributed by atoms with Crippen LogP contribution in [0.5, 0.6) is 0 Å². The molecule has 78 heavy (non-hydrogen) atoms. The van der Waals surface area contributed by atoms with Crippen LogP contribution >= 0.6 is 0 Å². The first-order chi connectivity index (χ1) is 37.8. The summed E-state index contributed by atoms with van der Waals surface area (Å²) in [6, 6.07) is 68.2. The molecule has 0 amide bonds. The number of alkyl halides is 3. The van der Waals surface area contributed by atoms with Gasteiger partial charge in [-0.25, -0.2) is 15.0 Å². The van der Waals surface area contributed by atoms with E-state index in [1.54, 1.807) is 6.07 Å². The molecule has 0 fully saturated rings. The number of aromatic nitrogens is 5. The molecule has 0 aliphatic heterocycles. The first kappa shape index (κ1) is 48.3. The number of benzene rings is 10. The molecule has 13 rings (SSSR count). The van der Waals surface area contributed by atoms with E-state index in [0.29, 0.717) is 39.9 Å². The van der Waals surface area contributed by atoms with Gasteiger partial charge in [0, 0.05) is 49.4 Å². The summed E-state index contributed by atoms with van der Waals surface area (Å²) >= 11 is 0. The average Bonchev–Trinajstić information content (AvgIpc) is 4.16. The second kappa shape index (κ2) is 18.7. The quantitative estimate of drug-likeness (QED) is 0.152. The van der Waals surface area contributed by atoms with E-state index in [1.165, 1.54) is 39.9 Å². The van der Waals surface area contributed by atoms with Crippen molar-refractivity contribution < 1.29 is 13.2 Å². The minimum atomic E-state index is -4.64. The summed E-state index contributed by atoms with van der Waals surface area (Å²) < 4.78 is 50.5. The van der Waals surface area contributed by atoms with Crippen molar-refractivity contribution in [3.05, 3.63) is 245 Å². The van der Waals surface area contributed by atoms with Gasteiger partial charge in [-0.15, -0.1) is 0 Å². The van der Waals surface area contributed by atoms with Gasteiger partial charge >= 0.3 is 6.18 Å². The standard InChI is InChI=1S/C70H52F3N5/c1-41-33-43(3)65(44(4)34-41)49-25-30-61-56(37-49)53-21-13-15-23-59(53)77(61)62-32-27-51(69-75-67(47-17-9-7-10-18-47)74-68(76-69)48-19-11-8-12-20-48)39-58(62)55-29-28-52(70(71,72)73)40-64(55)78-60-24-16-14-22-54(60)57-38-50(26-31-63(57)78)66-45(5)35-42(2)36-46(66)6/h7-40H,1-6H3. The Morgan fingerprint density at radius 2 is 0.731 bits per heavy atom. The van der Waals surface area contributed by atoms with E-state index in [0.717, 1.165) is 88.2 Å². The molecule has 5 nitrogen and oxygen atoms in total. The number of nitrogens with zero attached hydrogens (tertiary/aromatic N) is 5. The number of para-hydroxylation sites is 2. The monoisotopic (exact) mass is 1020 g/mol. The number of hydrogen-bond acceptors (Lipinski definition) is 3. The second-order valence-electron chi connectivity index (χ2n) is 20.7. The summed E-state index contributed by atoms with van der Waals surface area (Å²) in [5.74, 6) is 1.42. The van der Waals surface area contributed by atoms with E-state index >= 15 is 13.2 Å². The molecular weight excluding hydrogens is 968 g/mol. The van der Waals surface area contributed by atoms with Gasteiger partial charge in [0.05, 0.1) is 39.0 Å². The van der Waals surface area contributed by atoms with Crippen LogP contribution in [0.15, 0.2) is 206 Å². The van der Waals surface area contributed by atoms with Crippen LogP contribution in [0.25, 0.3) is 123 Å². The molecule has 0 unspecified atom stereocenters. The molecule has 3 aromatic heterocycles. The molecule has 0 bridgehead atoms. The topological polar surface area (TPSA) is 48.5 Å². The van der Waals surface area contributed by atoms with Gasteiger partial charge in [0.25, 0.3) is 0 Å². The Hall–Kier alpha value is -9.40. The molecule has 0 radical (unpaired) electrons. The van der Waals surface area contributed by atoms with Crippen molar-refractivity contribution in [3.8, 4) is 78.9 Å². The van der Waals surface area contributed by atoms with Crippen LogP contribution in [-0.2, 0) is 6.18 Å². The van der Waals surface area contributed by atoms with Crippen LogP contribution in [0.3, 0.4) is 0 Å². The van der Waals surface area contributed by atoms with Gasteiger partial charge in [-0.2, -0.15) is 13.2 Å². The van der Waals surface area contributed by atoms with E-state index in [4.69, 9.17) is 15.0 Å². The Bertz CT molecular complexity index is 4440. The zero-order chi connectivity index (χ0) is 53.6. The van der Waals surface area contributed by atoms with Crippen molar-refractivity contribution in [1.82, 2.24) is 24.1 Å². The lowest BCUT2D eigenvalue weighted by Gasteiger charge is -2.21. The minimum Gasteiger partial charge on any atom is -0.309 e. The fourth-order valence-corrected chi connectivity index (χ4v) is 12.2. The van der Waals surface area contributed by atoms with Crippen molar-refractivity contribution >= 4 is 43.6 Å². The lowest BCUT2D eigenvalue weighted by Crippen LogP contribution is -2.08. The van der Waals surface area contributed by atoms with E-state index < -0.39 is 11.7 Å². The Balaban J connectivity index is 1.12. The van der Waals surface area contributed by atoms with E-state index in [-0.39, 0.29) is 0 Å². The third-order valence-corrected chi connectivity index (χ3v) is 15.3. The maximum absolute atomic E-state index is 15.4. The van der Waals surface area contributed by atoms with Gasteiger partial charge in [0.2, 0.25) is 0 Å². The normalized spacial score (nSPS) is 11.9. The molecule has 13 aromatic rings. The number of halogens is 3. The lowest BCUT2D eigenvalue weighted by atomic mass is 9.93. The fraction of sp³-hybridized carbons (Fsp3) is 0.100. The number of aryl methyl sites for hydroxylation is 6. The van der Waals surface area contributed by atoms with Gasteiger partial charge in [-0.05, 0) is 153 Å². The molecule has 0 spiro atoms. The van der Waals surface area contributed by atoms with Crippen molar-refractivity contribution in [3.63, 3.8) is 0 Å².